The number of carbonyl (C=O) groups is 2. The van der Waals surface area contributed by atoms with E-state index in [9.17, 15) is 9.59 Å². The summed E-state index contributed by atoms with van der Waals surface area (Å²) in [6.45, 7) is 0.453. The zero-order valence-electron chi connectivity index (χ0n) is 13.4. The first-order valence-corrected chi connectivity index (χ1v) is 9.09. The van der Waals surface area contributed by atoms with Gasteiger partial charge in [0.05, 0.1) is 12.1 Å². The average Bonchev–Trinajstić information content (AvgIpc) is 3.15. The quantitative estimate of drug-likeness (QED) is 0.622. The van der Waals surface area contributed by atoms with Gasteiger partial charge in [-0.1, -0.05) is 11.6 Å². The second-order valence-corrected chi connectivity index (χ2v) is 6.82. The smallest absolute Gasteiger partial charge is 0.226 e. The lowest BCUT2D eigenvalue weighted by Crippen LogP contribution is -2.27. The minimum Gasteiger partial charge on any atom is -0.356 e. The number of rotatable bonds is 7. The maximum absolute atomic E-state index is 11.9. The summed E-state index contributed by atoms with van der Waals surface area (Å²) in [7, 11) is 0. The molecule has 0 bridgehead atoms. The van der Waals surface area contributed by atoms with E-state index < -0.39 is 0 Å². The number of hydrogen-bond acceptors (Lipinski definition) is 4. The molecule has 130 valence electrons. The van der Waals surface area contributed by atoms with Crippen LogP contribution in [0.15, 0.2) is 42.0 Å². The first-order valence-electron chi connectivity index (χ1n) is 7.83. The van der Waals surface area contributed by atoms with E-state index in [4.69, 9.17) is 11.6 Å². The maximum Gasteiger partial charge on any atom is 0.226 e. The number of aromatic nitrogens is 2. The van der Waals surface area contributed by atoms with Crippen LogP contribution in [-0.4, -0.2) is 27.7 Å². The van der Waals surface area contributed by atoms with Crippen molar-refractivity contribution in [3.8, 4) is 0 Å². The predicted octanol–water partition coefficient (Wildman–Crippen LogP) is 3.13. The van der Waals surface area contributed by atoms with Gasteiger partial charge < -0.3 is 10.6 Å². The minimum absolute atomic E-state index is 0.0918. The van der Waals surface area contributed by atoms with Crippen molar-refractivity contribution in [2.24, 2.45) is 0 Å². The molecule has 0 spiro atoms. The monoisotopic (exact) mass is 376 g/mol. The summed E-state index contributed by atoms with van der Waals surface area (Å²) in [6, 6.07) is 6.93. The number of carbonyl (C=O) groups excluding carboxylic acids is 2. The highest BCUT2D eigenvalue weighted by Crippen LogP contribution is 2.14. The van der Waals surface area contributed by atoms with Gasteiger partial charge >= 0.3 is 0 Å². The molecule has 0 aliphatic carbocycles. The molecular weight excluding hydrogens is 360 g/mol. The number of anilines is 1. The van der Waals surface area contributed by atoms with Gasteiger partial charge in [-0.2, -0.15) is 0 Å². The van der Waals surface area contributed by atoms with Crippen molar-refractivity contribution < 1.29 is 9.59 Å². The summed E-state index contributed by atoms with van der Waals surface area (Å²) in [6.07, 6.45) is 4.91. The molecule has 1 aromatic carbocycles. The SMILES string of the molecule is O=C(Cc1cn2ccsc2n1)NCCCC(=O)Nc1ccc(Cl)cc1. The van der Waals surface area contributed by atoms with E-state index in [-0.39, 0.29) is 18.2 Å². The fraction of sp³-hybridized carbons (Fsp3) is 0.235. The molecule has 2 heterocycles. The fourth-order valence-electron chi connectivity index (χ4n) is 2.32. The van der Waals surface area contributed by atoms with Crippen LogP contribution in [0.5, 0.6) is 0 Å². The number of nitrogens with one attached hydrogen (secondary N) is 2. The van der Waals surface area contributed by atoms with Crippen LogP contribution in [-0.2, 0) is 16.0 Å². The molecule has 0 atom stereocenters. The number of amides is 2. The molecule has 2 N–H and O–H groups in total. The molecule has 0 radical (unpaired) electrons. The van der Waals surface area contributed by atoms with Gasteiger partial charge in [-0.3, -0.25) is 14.0 Å². The van der Waals surface area contributed by atoms with E-state index in [1.165, 1.54) is 11.3 Å². The van der Waals surface area contributed by atoms with E-state index in [2.05, 4.69) is 15.6 Å². The molecule has 3 aromatic rings. The molecule has 3 rings (SSSR count). The number of benzene rings is 1. The van der Waals surface area contributed by atoms with E-state index in [0.29, 0.717) is 30.1 Å². The van der Waals surface area contributed by atoms with Gasteiger partial charge in [0, 0.05) is 41.4 Å². The Morgan fingerprint density at radius 2 is 2.00 bits per heavy atom. The maximum atomic E-state index is 11.9. The molecule has 0 saturated carbocycles. The molecule has 2 aromatic heterocycles. The Balaban J connectivity index is 1.34. The van der Waals surface area contributed by atoms with Gasteiger partial charge in [-0.15, -0.1) is 11.3 Å². The summed E-state index contributed by atoms with van der Waals surface area (Å²) in [5.41, 5.74) is 1.45. The fourth-order valence-corrected chi connectivity index (χ4v) is 3.17. The molecule has 25 heavy (non-hydrogen) atoms. The Hall–Kier alpha value is -2.38. The first-order chi connectivity index (χ1) is 12.1. The van der Waals surface area contributed by atoms with E-state index >= 15 is 0 Å². The third-order valence-corrected chi connectivity index (χ3v) is 4.54. The summed E-state index contributed by atoms with van der Waals surface area (Å²) in [4.78, 5) is 29.0. The molecule has 0 saturated heterocycles. The van der Waals surface area contributed by atoms with Crippen molar-refractivity contribution in [2.45, 2.75) is 19.3 Å². The molecule has 0 aliphatic rings. The lowest BCUT2D eigenvalue weighted by Gasteiger charge is -2.06. The average molecular weight is 377 g/mol. The van der Waals surface area contributed by atoms with Gasteiger partial charge in [0.15, 0.2) is 4.96 Å². The van der Waals surface area contributed by atoms with Crippen LogP contribution in [0.25, 0.3) is 4.96 Å². The van der Waals surface area contributed by atoms with Crippen molar-refractivity contribution in [1.29, 1.82) is 0 Å². The summed E-state index contributed by atoms with van der Waals surface area (Å²) < 4.78 is 1.90. The van der Waals surface area contributed by atoms with Crippen LogP contribution in [0.2, 0.25) is 5.02 Å². The Labute approximate surface area is 153 Å². The Morgan fingerprint density at radius 3 is 2.76 bits per heavy atom. The van der Waals surface area contributed by atoms with Crippen molar-refractivity contribution in [1.82, 2.24) is 14.7 Å². The Bertz CT molecular complexity index is 844. The van der Waals surface area contributed by atoms with Gasteiger partial charge in [0.25, 0.3) is 0 Å². The zero-order chi connectivity index (χ0) is 17.6. The molecule has 0 fully saturated rings. The molecule has 6 nitrogen and oxygen atoms in total. The largest absolute Gasteiger partial charge is 0.356 e. The van der Waals surface area contributed by atoms with Crippen LogP contribution in [0, 0.1) is 0 Å². The molecule has 8 heteroatoms. The molecule has 2 amide bonds. The number of fused-ring (bicyclic) bond motifs is 1. The summed E-state index contributed by atoms with van der Waals surface area (Å²) in [5.74, 6) is -0.185. The van der Waals surface area contributed by atoms with Gasteiger partial charge in [0.2, 0.25) is 11.8 Å². The highest BCUT2D eigenvalue weighted by Gasteiger charge is 2.08. The normalized spacial score (nSPS) is 10.8. The molecule has 0 unspecified atom stereocenters. The second kappa shape index (κ2) is 8.13. The minimum atomic E-state index is -0.0936. The van der Waals surface area contributed by atoms with Gasteiger partial charge in [-0.05, 0) is 30.7 Å². The number of halogens is 1. The topological polar surface area (TPSA) is 75.5 Å². The first kappa shape index (κ1) is 17.4. The van der Waals surface area contributed by atoms with Crippen LogP contribution in [0.4, 0.5) is 5.69 Å². The zero-order valence-corrected chi connectivity index (χ0v) is 14.9. The summed E-state index contributed by atoms with van der Waals surface area (Å²) >= 11 is 7.33. The van der Waals surface area contributed by atoms with Crippen molar-refractivity contribution >= 4 is 45.4 Å². The van der Waals surface area contributed by atoms with E-state index in [1.807, 2.05) is 22.2 Å². The molecular formula is C17H17ClN4O2S. The van der Waals surface area contributed by atoms with Crippen molar-refractivity contribution in [3.63, 3.8) is 0 Å². The summed E-state index contributed by atoms with van der Waals surface area (Å²) in [5, 5.41) is 8.17. The van der Waals surface area contributed by atoms with Crippen LogP contribution >= 0.6 is 22.9 Å². The third-order valence-electron chi connectivity index (χ3n) is 3.52. The van der Waals surface area contributed by atoms with Crippen LogP contribution < -0.4 is 10.6 Å². The van der Waals surface area contributed by atoms with E-state index in [0.717, 1.165) is 10.7 Å². The van der Waals surface area contributed by atoms with Crippen molar-refractivity contribution in [3.05, 3.63) is 52.8 Å². The second-order valence-electron chi connectivity index (χ2n) is 5.51. The number of hydrogen-bond donors (Lipinski definition) is 2. The number of nitrogens with zero attached hydrogens (tertiary/aromatic N) is 2. The highest BCUT2D eigenvalue weighted by molar-refractivity contribution is 7.15. The molecule has 0 aliphatic heterocycles. The van der Waals surface area contributed by atoms with Gasteiger partial charge in [0.1, 0.15) is 0 Å². The highest BCUT2D eigenvalue weighted by atomic mass is 35.5. The van der Waals surface area contributed by atoms with Gasteiger partial charge in [-0.25, -0.2) is 4.98 Å². The Morgan fingerprint density at radius 1 is 1.20 bits per heavy atom. The Kier molecular flexibility index (Phi) is 5.67. The number of imidazole rings is 1. The lowest BCUT2D eigenvalue weighted by molar-refractivity contribution is -0.121. The van der Waals surface area contributed by atoms with E-state index in [1.54, 1.807) is 24.3 Å². The lowest BCUT2D eigenvalue weighted by atomic mass is 10.2. The van der Waals surface area contributed by atoms with Crippen LogP contribution in [0.3, 0.4) is 0 Å². The third kappa shape index (κ3) is 5.04. The van der Waals surface area contributed by atoms with Crippen molar-refractivity contribution in [2.75, 3.05) is 11.9 Å². The standard InChI is InChI=1S/C17H17ClN4O2S/c18-12-3-5-13(6-4-12)20-15(23)2-1-7-19-16(24)10-14-11-22-8-9-25-17(22)21-14/h3-6,8-9,11H,1-2,7,10H2,(H,19,24)(H,20,23). The van der Waals surface area contributed by atoms with Crippen LogP contribution in [0.1, 0.15) is 18.5 Å². The number of thiazole rings is 1. The predicted molar refractivity (Wildman–Crippen MR) is 99.1 cm³/mol.